The third-order valence-corrected chi connectivity index (χ3v) is 5.09. The zero-order valence-corrected chi connectivity index (χ0v) is 14.9. The molecule has 0 spiro atoms. The predicted molar refractivity (Wildman–Crippen MR) is 99.9 cm³/mol. The van der Waals surface area contributed by atoms with Gasteiger partial charge in [-0.1, -0.05) is 49.4 Å². The monoisotopic (exact) mass is 340 g/mol. The molecule has 2 aromatic carbocycles. The molecule has 3 heteroatoms. The van der Waals surface area contributed by atoms with Gasteiger partial charge in [0, 0.05) is 19.4 Å². The molecule has 134 valence electrons. The van der Waals surface area contributed by atoms with Crippen LogP contribution in [-0.2, 0) is 12.8 Å². The van der Waals surface area contributed by atoms with Crippen molar-refractivity contribution in [1.29, 1.82) is 0 Å². The topological polar surface area (TPSA) is 49.7 Å². The van der Waals surface area contributed by atoms with Crippen molar-refractivity contribution >= 4 is 0 Å². The molecule has 0 amide bonds. The second kappa shape index (κ2) is 8.50. The zero-order valence-electron chi connectivity index (χ0n) is 14.9. The number of aliphatic hydroxyl groups excluding tert-OH is 2. The molecule has 1 saturated carbocycles. The summed E-state index contributed by atoms with van der Waals surface area (Å²) in [5.74, 6) is 1.01. The highest BCUT2D eigenvalue weighted by atomic mass is 16.5. The molecule has 3 atom stereocenters. The Bertz CT molecular complexity index is 665. The highest BCUT2D eigenvalue weighted by molar-refractivity contribution is 5.38. The van der Waals surface area contributed by atoms with Crippen LogP contribution in [0.1, 0.15) is 42.9 Å². The number of rotatable bonds is 6. The van der Waals surface area contributed by atoms with Gasteiger partial charge in [0.25, 0.3) is 0 Å². The predicted octanol–water partition coefficient (Wildman–Crippen LogP) is 3.74. The number of benzene rings is 2. The lowest BCUT2D eigenvalue weighted by Gasteiger charge is -2.32. The van der Waals surface area contributed by atoms with Crippen LogP contribution in [0, 0.1) is 5.92 Å². The Morgan fingerprint density at radius 1 is 0.960 bits per heavy atom. The van der Waals surface area contributed by atoms with Crippen LogP contribution in [0.4, 0.5) is 0 Å². The van der Waals surface area contributed by atoms with Gasteiger partial charge in [-0.3, -0.25) is 0 Å². The van der Waals surface area contributed by atoms with Crippen LogP contribution in [0.25, 0.3) is 0 Å². The van der Waals surface area contributed by atoms with E-state index in [0.29, 0.717) is 12.8 Å². The van der Waals surface area contributed by atoms with Gasteiger partial charge in [0.2, 0.25) is 0 Å². The summed E-state index contributed by atoms with van der Waals surface area (Å²) in [6.07, 6.45) is 3.56. The quantitative estimate of drug-likeness (QED) is 0.842. The van der Waals surface area contributed by atoms with Crippen LogP contribution in [-0.4, -0.2) is 29.0 Å². The van der Waals surface area contributed by atoms with Crippen LogP contribution < -0.4 is 4.74 Å². The van der Waals surface area contributed by atoms with Crippen molar-refractivity contribution < 1.29 is 14.9 Å². The second-order valence-corrected chi connectivity index (χ2v) is 7.10. The minimum absolute atomic E-state index is 0.0375. The normalized spacial score (nSPS) is 23.4. The van der Waals surface area contributed by atoms with E-state index in [4.69, 9.17) is 4.74 Å². The molecule has 3 unspecified atom stereocenters. The van der Waals surface area contributed by atoms with Crippen molar-refractivity contribution in [2.45, 2.75) is 51.2 Å². The van der Waals surface area contributed by atoms with Crippen molar-refractivity contribution in [2.75, 3.05) is 6.61 Å². The second-order valence-electron chi connectivity index (χ2n) is 7.10. The summed E-state index contributed by atoms with van der Waals surface area (Å²) in [6, 6.07) is 16.9. The number of aryl methyl sites for hydroxylation is 1. The van der Waals surface area contributed by atoms with Gasteiger partial charge in [-0.25, -0.2) is 0 Å². The first kappa shape index (κ1) is 18.0. The van der Waals surface area contributed by atoms with Gasteiger partial charge in [-0.05, 0) is 47.9 Å². The maximum atomic E-state index is 10.0. The Morgan fingerprint density at radius 2 is 1.68 bits per heavy atom. The van der Waals surface area contributed by atoms with E-state index < -0.39 is 0 Å². The minimum Gasteiger partial charge on any atom is -0.490 e. The molecule has 0 aromatic heterocycles. The molecule has 0 saturated heterocycles. The molecule has 0 bridgehead atoms. The Kier molecular flexibility index (Phi) is 6.11. The summed E-state index contributed by atoms with van der Waals surface area (Å²) in [4.78, 5) is 0. The number of aliphatic hydroxyl groups is 2. The van der Waals surface area contributed by atoms with Gasteiger partial charge in [-0.15, -0.1) is 0 Å². The lowest BCUT2D eigenvalue weighted by atomic mass is 9.86. The molecule has 2 N–H and O–H groups in total. The van der Waals surface area contributed by atoms with Crippen molar-refractivity contribution in [3.8, 4) is 5.75 Å². The Morgan fingerprint density at radius 3 is 2.40 bits per heavy atom. The van der Waals surface area contributed by atoms with E-state index in [9.17, 15) is 10.2 Å². The third-order valence-electron chi connectivity index (χ3n) is 5.09. The summed E-state index contributed by atoms with van der Waals surface area (Å²) in [6.45, 7) is 2.28. The van der Waals surface area contributed by atoms with Crippen molar-refractivity contribution in [3.05, 3.63) is 65.2 Å². The molecule has 3 rings (SSSR count). The van der Waals surface area contributed by atoms with E-state index in [1.807, 2.05) is 18.2 Å². The zero-order chi connectivity index (χ0) is 17.6. The van der Waals surface area contributed by atoms with Crippen molar-refractivity contribution in [1.82, 2.24) is 0 Å². The first-order valence-electron chi connectivity index (χ1n) is 9.29. The average Bonchev–Trinajstić information content (AvgIpc) is 2.63. The summed E-state index contributed by atoms with van der Waals surface area (Å²) in [7, 11) is 0. The molecule has 0 aliphatic heterocycles. The standard InChI is InChI=1S/C22H28O3/c1-2-16-7-9-17(10-8-16)11-19-5-3-4-6-22(19)25-21-13-18(15-23)12-20(24)14-21/h3-10,18,20-21,23-24H,2,11-15H2,1H3. The summed E-state index contributed by atoms with van der Waals surface area (Å²) in [5.41, 5.74) is 3.78. The molecular formula is C22H28O3. The first-order valence-corrected chi connectivity index (χ1v) is 9.29. The summed E-state index contributed by atoms with van der Waals surface area (Å²) >= 11 is 0. The van der Waals surface area contributed by atoms with Crippen LogP contribution in [0.5, 0.6) is 5.75 Å². The van der Waals surface area contributed by atoms with Crippen LogP contribution in [0.2, 0.25) is 0 Å². The Hall–Kier alpha value is -1.84. The number of ether oxygens (including phenoxy) is 1. The smallest absolute Gasteiger partial charge is 0.123 e. The third kappa shape index (κ3) is 4.83. The highest BCUT2D eigenvalue weighted by Gasteiger charge is 2.29. The minimum atomic E-state index is -0.385. The maximum absolute atomic E-state index is 10.0. The fourth-order valence-corrected chi connectivity index (χ4v) is 3.65. The van der Waals surface area contributed by atoms with Gasteiger partial charge in [0.05, 0.1) is 6.10 Å². The van der Waals surface area contributed by atoms with Gasteiger partial charge in [0.1, 0.15) is 11.9 Å². The molecule has 2 aromatic rings. The molecular weight excluding hydrogens is 312 g/mol. The van der Waals surface area contributed by atoms with E-state index in [1.54, 1.807) is 0 Å². The summed E-state index contributed by atoms with van der Waals surface area (Å²) in [5, 5.41) is 19.4. The first-order chi connectivity index (χ1) is 12.2. The van der Waals surface area contributed by atoms with Crippen molar-refractivity contribution in [2.24, 2.45) is 5.92 Å². The molecule has 1 aliphatic carbocycles. The van der Waals surface area contributed by atoms with Crippen LogP contribution >= 0.6 is 0 Å². The number of para-hydroxylation sites is 1. The number of hydrogen-bond acceptors (Lipinski definition) is 3. The van der Waals surface area contributed by atoms with Crippen molar-refractivity contribution in [3.63, 3.8) is 0 Å². The Balaban J connectivity index is 1.71. The van der Waals surface area contributed by atoms with Gasteiger partial charge >= 0.3 is 0 Å². The maximum Gasteiger partial charge on any atom is 0.123 e. The molecule has 25 heavy (non-hydrogen) atoms. The van der Waals surface area contributed by atoms with E-state index in [0.717, 1.165) is 30.6 Å². The van der Waals surface area contributed by atoms with E-state index in [1.165, 1.54) is 11.1 Å². The lowest BCUT2D eigenvalue weighted by Crippen LogP contribution is -2.34. The van der Waals surface area contributed by atoms with Crippen LogP contribution in [0.15, 0.2) is 48.5 Å². The SMILES string of the molecule is CCc1ccc(Cc2ccccc2OC2CC(O)CC(CO)C2)cc1. The average molecular weight is 340 g/mol. The van der Waals surface area contributed by atoms with Crippen LogP contribution in [0.3, 0.4) is 0 Å². The fourth-order valence-electron chi connectivity index (χ4n) is 3.65. The van der Waals surface area contributed by atoms with Gasteiger partial charge in [0.15, 0.2) is 0 Å². The molecule has 0 heterocycles. The van der Waals surface area contributed by atoms with Gasteiger partial charge < -0.3 is 14.9 Å². The number of hydrogen-bond donors (Lipinski definition) is 2. The van der Waals surface area contributed by atoms with Gasteiger partial charge in [-0.2, -0.15) is 0 Å². The Labute approximate surface area is 150 Å². The lowest BCUT2D eigenvalue weighted by molar-refractivity contribution is 0.0103. The molecule has 3 nitrogen and oxygen atoms in total. The molecule has 0 radical (unpaired) electrons. The van der Waals surface area contributed by atoms with E-state index in [2.05, 4.69) is 37.3 Å². The molecule has 1 fully saturated rings. The largest absolute Gasteiger partial charge is 0.490 e. The summed E-state index contributed by atoms with van der Waals surface area (Å²) < 4.78 is 6.23. The van der Waals surface area contributed by atoms with E-state index in [-0.39, 0.29) is 24.7 Å². The molecule has 1 aliphatic rings. The fraction of sp³-hybridized carbons (Fsp3) is 0.455. The van der Waals surface area contributed by atoms with E-state index >= 15 is 0 Å². The highest BCUT2D eigenvalue weighted by Crippen LogP contribution is 2.30.